The van der Waals surface area contributed by atoms with Crippen LogP contribution in [-0.4, -0.2) is 51.5 Å². The van der Waals surface area contributed by atoms with Crippen LogP contribution in [0.5, 0.6) is 0 Å². The first-order valence-corrected chi connectivity index (χ1v) is 9.50. The fourth-order valence-corrected chi connectivity index (χ4v) is 4.13. The number of piperidine rings is 1. The van der Waals surface area contributed by atoms with Crippen molar-refractivity contribution in [3.63, 3.8) is 0 Å². The number of nitrogens with one attached hydrogen (secondary N) is 1. The van der Waals surface area contributed by atoms with Crippen molar-refractivity contribution in [3.05, 3.63) is 29.8 Å². The minimum absolute atomic E-state index is 0.152. The van der Waals surface area contributed by atoms with E-state index in [2.05, 4.69) is 5.32 Å². The van der Waals surface area contributed by atoms with Crippen molar-refractivity contribution >= 4 is 15.9 Å². The quantitative estimate of drug-likeness (QED) is 0.739. The first-order valence-electron chi connectivity index (χ1n) is 8.06. The van der Waals surface area contributed by atoms with E-state index in [1.807, 2.05) is 0 Å². The summed E-state index contributed by atoms with van der Waals surface area (Å²) in [5.41, 5.74) is 6.44. The number of carbonyl (C=O) groups excluding carboxylic acids is 1. The third-order valence-electron chi connectivity index (χ3n) is 4.03. The van der Waals surface area contributed by atoms with Crippen LogP contribution in [0.25, 0.3) is 0 Å². The molecule has 0 radical (unpaired) electrons. The average Bonchev–Trinajstić information content (AvgIpc) is 2.61. The number of hydrogen-bond acceptors (Lipinski definition) is 5. The summed E-state index contributed by atoms with van der Waals surface area (Å²) in [6.07, 6.45) is 2.89. The molecular weight excluding hydrogens is 330 g/mol. The second-order valence-electron chi connectivity index (χ2n) is 5.89. The summed E-state index contributed by atoms with van der Waals surface area (Å²) < 4.78 is 31.5. The number of sulfonamides is 1. The minimum atomic E-state index is -3.42. The Morgan fingerprint density at radius 3 is 2.46 bits per heavy atom. The first kappa shape index (κ1) is 18.9. The van der Waals surface area contributed by atoms with Crippen molar-refractivity contribution in [2.75, 3.05) is 26.8 Å². The Labute approximate surface area is 143 Å². The van der Waals surface area contributed by atoms with Crippen LogP contribution < -0.4 is 11.1 Å². The summed E-state index contributed by atoms with van der Waals surface area (Å²) in [7, 11) is -1.94. The van der Waals surface area contributed by atoms with Crippen LogP contribution in [0.1, 0.15) is 24.8 Å². The molecule has 1 amide bonds. The summed E-state index contributed by atoms with van der Waals surface area (Å²) in [5.74, 6) is -0.304. The summed E-state index contributed by atoms with van der Waals surface area (Å²) in [6, 6.07) is 5.87. The number of rotatable bonds is 7. The van der Waals surface area contributed by atoms with Crippen molar-refractivity contribution < 1.29 is 17.9 Å². The van der Waals surface area contributed by atoms with Crippen LogP contribution in [0.15, 0.2) is 29.2 Å². The van der Waals surface area contributed by atoms with Crippen molar-refractivity contribution in [2.24, 2.45) is 5.73 Å². The lowest BCUT2D eigenvalue weighted by Gasteiger charge is -2.25. The van der Waals surface area contributed by atoms with E-state index in [1.54, 1.807) is 24.3 Å². The molecule has 1 aromatic rings. The molecule has 1 unspecified atom stereocenters. The van der Waals surface area contributed by atoms with Gasteiger partial charge in [0.05, 0.1) is 11.5 Å². The fraction of sp³-hybridized carbons (Fsp3) is 0.562. The topological polar surface area (TPSA) is 102 Å². The lowest BCUT2D eigenvalue weighted by atomic mass is 10.2. The van der Waals surface area contributed by atoms with Gasteiger partial charge in [0.1, 0.15) is 6.04 Å². The molecule has 1 heterocycles. The molecule has 1 saturated heterocycles. The van der Waals surface area contributed by atoms with Gasteiger partial charge < -0.3 is 15.8 Å². The third kappa shape index (κ3) is 4.76. The molecule has 1 atom stereocenters. The molecule has 0 aromatic heterocycles. The maximum Gasteiger partial charge on any atom is 0.243 e. The molecule has 0 aliphatic carbocycles. The highest BCUT2D eigenvalue weighted by atomic mass is 32.2. The highest BCUT2D eigenvalue weighted by Gasteiger charge is 2.25. The normalized spacial score (nSPS) is 17.4. The molecule has 7 nitrogen and oxygen atoms in total. The van der Waals surface area contributed by atoms with Gasteiger partial charge in [0.25, 0.3) is 0 Å². The van der Waals surface area contributed by atoms with Crippen LogP contribution in [0.3, 0.4) is 0 Å². The highest BCUT2D eigenvalue weighted by Crippen LogP contribution is 2.20. The molecule has 1 aliphatic heterocycles. The number of carbonyl (C=O) groups is 1. The van der Waals surface area contributed by atoms with Gasteiger partial charge in [0.15, 0.2) is 0 Å². The maximum absolute atomic E-state index is 12.6. The maximum atomic E-state index is 12.6. The Morgan fingerprint density at radius 2 is 1.88 bits per heavy atom. The smallest absolute Gasteiger partial charge is 0.243 e. The van der Waals surface area contributed by atoms with Crippen molar-refractivity contribution in [1.82, 2.24) is 9.62 Å². The van der Waals surface area contributed by atoms with Crippen molar-refractivity contribution in [1.29, 1.82) is 0 Å². The standard InChI is InChI=1S/C16H25N3O4S/c1-23-12-15(17)16(20)18-11-13-5-7-14(8-6-13)24(21,22)19-9-3-2-4-10-19/h5-8,15H,2-4,9-12,17H2,1H3,(H,18,20). The Balaban J connectivity index is 1.96. The van der Waals surface area contributed by atoms with E-state index in [0.717, 1.165) is 24.8 Å². The Morgan fingerprint density at radius 1 is 1.25 bits per heavy atom. The lowest BCUT2D eigenvalue weighted by Crippen LogP contribution is -2.43. The van der Waals surface area contributed by atoms with E-state index in [4.69, 9.17) is 10.5 Å². The SMILES string of the molecule is COCC(N)C(=O)NCc1ccc(S(=O)(=O)N2CCCCC2)cc1. The number of methoxy groups -OCH3 is 1. The zero-order valence-corrected chi connectivity index (χ0v) is 14.7. The highest BCUT2D eigenvalue weighted by molar-refractivity contribution is 7.89. The molecule has 1 aromatic carbocycles. The van der Waals surface area contributed by atoms with Crippen LogP contribution in [-0.2, 0) is 26.1 Å². The van der Waals surface area contributed by atoms with Crippen molar-refractivity contribution in [3.8, 4) is 0 Å². The van der Waals surface area contributed by atoms with E-state index < -0.39 is 16.1 Å². The van der Waals surface area contributed by atoms with Gasteiger partial charge in [-0.15, -0.1) is 0 Å². The molecule has 3 N–H and O–H groups in total. The van der Waals surface area contributed by atoms with Crippen LogP contribution in [0.2, 0.25) is 0 Å². The average molecular weight is 355 g/mol. The predicted octanol–water partition coefficient (Wildman–Crippen LogP) is 0.451. The van der Waals surface area contributed by atoms with Crippen LogP contribution in [0.4, 0.5) is 0 Å². The number of benzene rings is 1. The van der Waals surface area contributed by atoms with Gasteiger partial charge in [-0.25, -0.2) is 8.42 Å². The molecule has 0 spiro atoms. The molecule has 24 heavy (non-hydrogen) atoms. The lowest BCUT2D eigenvalue weighted by molar-refractivity contribution is -0.123. The van der Waals surface area contributed by atoms with E-state index >= 15 is 0 Å². The van der Waals surface area contributed by atoms with Gasteiger partial charge in [0, 0.05) is 26.7 Å². The molecule has 0 bridgehead atoms. The van der Waals surface area contributed by atoms with Gasteiger partial charge in [-0.05, 0) is 30.5 Å². The number of amides is 1. The largest absolute Gasteiger partial charge is 0.383 e. The number of ether oxygens (including phenoxy) is 1. The zero-order valence-electron chi connectivity index (χ0n) is 13.9. The van der Waals surface area contributed by atoms with E-state index in [-0.39, 0.29) is 17.4 Å². The van der Waals surface area contributed by atoms with Crippen LogP contribution in [0, 0.1) is 0 Å². The van der Waals surface area contributed by atoms with E-state index in [9.17, 15) is 13.2 Å². The second-order valence-corrected chi connectivity index (χ2v) is 7.83. The zero-order chi connectivity index (χ0) is 17.6. The Bertz CT molecular complexity index is 640. The summed E-state index contributed by atoms with van der Waals surface area (Å²) >= 11 is 0. The van der Waals surface area contributed by atoms with Crippen LogP contribution >= 0.6 is 0 Å². The molecule has 1 aliphatic rings. The molecule has 1 fully saturated rings. The van der Waals surface area contributed by atoms with Crippen molar-refractivity contribution in [2.45, 2.75) is 36.7 Å². The Hall–Kier alpha value is -1.48. The van der Waals surface area contributed by atoms with E-state index in [1.165, 1.54) is 11.4 Å². The monoisotopic (exact) mass is 355 g/mol. The number of nitrogens with two attached hydrogens (primary N) is 1. The molecule has 0 saturated carbocycles. The van der Waals surface area contributed by atoms with Gasteiger partial charge in [0.2, 0.25) is 15.9 Å². The van der Waals surface area contributed by atoms with E-state index in [0.29, 0.717) is 19.6 Å². The van der Waals surface area contributed by atoms with Gasteiger partial charge in [-0.3, -0.25) is 4.79 Å². The van der Waals surface area contributed by atoms with Gasteiger partial charge >= 0.3 is 0 Å². The predicted molar refractivity (Wildman–Crippen MR) is 90.7 cm³/mol. The summed E-state index contributed by atoms with van der Waals surface area (Å²) in [6.45, 7) is 1.61. The van der Waals surface area contributed by atoms with Gasteiger partial charge in [-0.1, -0.05) is 18.6 Å². The molecule has 8 heteroatoms. The number of nitrogens with zero attached hydrogens (tertiary/aromatic N) is 1. The Kier molecular flexibility index (Phi) is 6.73. The molecule has 134 valence electrons. The number of hydrogen-bond donors (Lipinski definition) is 2. The first-order chi connectivity index (χ1) is 11.4. The second kappa shape index (κ2) is 8.57. The van der Waals surface area contributed by atoms with Gasteiger partial charge in [-0.2, -0.15) is 4.31 Å². The molecule has 2 rings (SSSR count). The third-order valence-corrected chi connectivity index (χ3v) is 5.94. The summed E-state index contributed by atoms with van der Waals surface area (Å²) in [5, 5.41) is 2.70. The summed E-state index contributed by atoms with van der Waals surface area (Å²) in [4.78, 5) is 12.0. The fourth-order valence-electron chi connectivity index (χ4n) is 2.61. The minimum Gasteiger partial charge on any atom is -0.383 e. The molecular formula is C16H25N3O4S.